The number of hydrogen-bond acceptors (Lipinski definition) is 0. The largest absolute Gasteiger partial charge is 0.127 e. The third-order valence-corrected chi connectivity index (χ3v) is 2.15. The number of allylic oxidation sites excluding steroid dienone is 1. The van der Waals surface area contributed by atoms with Crippen molar-refractivity contribution in [1.82, 2.24) is 0 Å². The van der Waals surface area contributed by atoms with Crippen LogP contribution in [-0.2, 0) is 0 Å². The Morgan fingerprint density at radius 2 is 2.00 bits per heavy atom. The Kier molecular flexibility index (Phi) is 4.48. The smallest absolute Gasteiger partial charge is 0.0490 e. The number of rotatable bonds is 3. The summed E-state index contributed by atoms with van der Waals surface area (Å²) < 4.78 is 0. The van der Waals surface area contributed by atoms with Gasteiger partial charge in [0.1, 0.15) is 0 Å². The third-order valence-electron chi connectivity index (χ3n) is 2.15. The molecule has 0 fully saturated rings. The van der Waals surface area contributed by atoms with Crippen molar-refractivity contribution < 1.29 is 0 Å². The van der Waals surface area contributed by atoms with Crippen molar-refractivity contribution in [2.24, 2.45) is 0 Å². The van der Waals surface area contributed by atoms with Gasteiger partial charge in [0.05, 0.1) is 0 Å². The lowest BCUT2D eigenvalue weighted by atomic mass is 9.97. The molecule has 76 valence electrons. The summed E-state index contributed by atoms with van der Waals surface area (Å²) in [7, 11) is 0. The average molecular weight is 196 g/mol. The fraction of sp³-hybridized carbons (Fsp3) is 0.267. The van der Waals surface area contributed by atoms with Crippen LogP contribution in [-0.4, -0.2) is 0 Å². The van der Waals surface area contributed by atoms with Gasteiger partial charge in [0.15, 0.2) is 0 Å². The lowest BCUT2D eigenvalue weighted by molar-refractivity contribution is 0.894. The van der Waals surface area contributed by atoms with Gasteiger partial charge in [0, 0.05) is 5.92 Å². The monoisotopic (exact) mass is 196 g/mol. The molecule has 0 radical (unpaired) electrons. The van der Waals surface area contributed by atoms with Gasteiger partial charge < -0.3 is 0 Å². The Hall–Kier alpha value is -1.70. The molecule has 0 saturated heterocycles. The van der Waals surface area contributed by atoms with Crippen LogP contribution in [0.15, 0.2) is 47.7 Å². The van der Waals surface area contributed by atoms with Gasteiger partial charge in [0.2, 0.25) is 0 Å². The Balaban J connectivity index is 2.76. The van der Waals surface area contributed by atoms with Crippen LogP contribution >= 0.6 is 0 Å². The molecule has 0 aliphatic carbocycles. The molecule has 0 spiro atoms. The SMILES string of the molecule is C#CC(CC=C=C(C)C)c1ccccc1. The molecule has 0 aliphatic rings. The van der Waals surface area contributed by atoms with E-state index in [1.54, 1.807) is 0 Å². The summed E-state index contributed by atoms with van der Waals surface area (Å²) in [6.07, 6.45) is 8.39. The molecular formula is C15H16. The highest BCUT2D eigenvalue weighted by atomic mass is 14.1. The topological polar surface area (TPSA) is 0 Å². The van der Waals surface area contributed by atoms with Gasteiger partial charge in [-0.25, -0.2) is 0 Å². The molecule has 1 unspecified atom stereocenters. The summed E-state index contributed by atoms with van der Waals surface area (Å²) in [4.78, 5) is 0. The van der Waals surface area contributed by atoms with Crippen molar-refractivity contribution in [2.45, 2.75) is 26.2 Å². The highest BCUT2D eigenvalue weighted by Crippen LogP contribution is 2.18. The van der Waals surface area contributed by atoms with Crippen LogP contribution in [0.3, 0.4) is 0 Å². The maximum atomic E-state index is 5.52. The maximum Gasteiger partial charge on any atom is 0.0490 e. The molecule has 0 aromatic heterocycles. The first-order valence-corrected chi connectivity index (χ1v) is 5.13. The maximum absolute atomic E-state index is 5.52. The van der Waals surface area contributed by atoms with E-state index in [0.29, 0.717) is 0 Å². The zero-order valence-corrected chi connectivity index (χ0v) is 9.33. The minimum Gasteiger partial charge on any atom is -0.127 e. The second-order valence-electron chi connectivity index (χ2n) is 3.71. The number of terminal acetylenes is 1. The van der Waals surface area contributed by atoms with E-state index in [4.69, 9.17) is 6.42 Å². The fourth-order valence-corrected chi connectivity index (χ4v) is 1.37. The Bertz CT molecular complexity index is 393. The minimum atomic E-state index is 0.165. The fourth-order valence-electron chi connectivity index (χ4n) is 1.37. The first-order valence-electron chi connectivity index (χ1n) is 5.13. The Morgan fingerprint density at radius 3 is 2.53 bits per heavy atom. The molecule has 0 heterocycles. The van der Waals surface area contributed by atoms with E-state index in [1.165, 1.54) is 11.1 Å². The number of hydrogen-bond donors (Lipinski definition) is 0. The quantitative estimate of drug-likeness (QED) is 0.508. The van der Waals surface area contributed by atoms with Crippen LogP contribution in [0.4, 0.5) is 0 Å². The van der Waals surface area contributed by atoms with Crippen LogP contribution in [0, 0.1) is 12.3 Å². The van der Waals surface area contributed by atoms with E-state index in [0.717, 1.165) is 6.42 Å². The minimum absolute atomic E-state index is 0.165. The average Bonchev–Trinajstić information content (AvgIpc) is 2.25. The van der Waals surface area contributed by atoms with Gasteiger partial charge in [-0.2, -0.15) is 0 Å². The van der Waals surface area contributed by atoms with Crippen LogP contribution in [0.1, 0.15) is 31.7 Å². The Labute approximate surface area is 92.3 Å². The molecule has 0 N–H and O–H groups in total. The van der Waals surface area contributed by atoms with Gasteiger partial charge in [-0.15, -0.1) is 12.2 Å². The molecule has 0 nitrogen and oxygen atoms in total. The third kappa shape index (κ3) is 3.90. The molecule has 1 rings (SSSR count). The molecule has 0 heteroatoms. The van der Waals surface area contributed by atoms with Crippen LogP contribution in [0.25, 0.3) is 0 Å². The normalized spacial score (nSPS) is 11.0. The van der Waals surface area contributed by atoms with Gasteiger partial charge in [-0.1, -0.05) is 36.3 Å². The molecule has 1 atom stereocenters. The first-order chi connectivity index (χ1) is 7.24. The molecule has 0 bridgehead atoms. The summed E-state index contributed by atoms with van der Waals surface area (Å²) >= 11 is 0. The molecule has 0 aliphatic heterocycles. The van der Waals surface area contributed by atoms with E-state index < -0.39 is 0 Å². The van der Waals surface area contributed by atoms with Crippen LogP contribution in [0.2, 0.25) is 0 Å². The van der Waals surface area contributed by atoms with Crippen molar-refractivity contribution in [3.05, 3.63) is 53.3 Å². The van der Waals surface area contributed by atoms with Crippen molar-refractivity contribution in [3.8, 4) is 12.3 Å². The van der Waals surface area contributed by atoms with Crippen molar-refractivity contribution in [1.29, 1.82) is 0 Å². The van der Waals surface area contributed by atoms with E-state index in [9.17, 15) is 0 Å². The molecule has 0 saturated carbocycles. The molecule has 1 aromatic rings. The predicted molar refractivity (Wildman–Crippen MR) is 65.6 cm³/mol. The van der Waals surface area contributed by atoms with Crippen molar-refractivity contribution in [3.63, 3.8) is 0 Å². The van der Waals surface area contributed by atoms with Gasteiger partial charge >= 0.3 is 0 Å². The summed E-state index contributed by atoms with van der Waals surface area (Å²) in [5.74, 6) is 2.98. The highest BCUT2D eigenvalue weighted by molar-refractivity contribution is 5.27. The van der Waals surface area contributed by atoms with E-state index in [1.807, 2.05) is 38.1 Å². The number of benzene rings is 1. The van der Waals surface area contributed by atoms with Crippen LogP contribution < -0.4 is 0 Å². The van der Waals surface area contributed by atoms with Gasteiger partial charge in [0.25, 0.3) is 0 Å². The van der Waals surface area contributed by atoms with E-state index in [-0.39, 0.29) is 5.92 Å². The second-order valence-corrected chi connectivity index (χ2v) is 3.71. The van der Waals surface area contributed by atoms with Crippen LogP contribution in [0.5, 0.6) is 0 Å². The highest BCUT2D eigenvalue weighted by Gasteiger charge is 2.04. The van der Waals surface area contributed by atoms with Gasteiger partial charge in [-0.3, -0.25) is 0 Å². The summed E-state index contributed by atoms with van der Waals surface area (Å²) in [6.45, 7) is 4.06. The zero-order valence-electron chi connectivity index (χ0n) is 9.33. The zero-order chi connectivity index (χ0) is 11.1. The predicted octanol–water partition coefficient (Wildman–Crippen LogP) is 3.91. The van der Waals surface area contributed by atoms with Gasteiger partial charge in [-0.05, 0) is 37.5 Å². The first kappa shape index (κ1) is 11.4. The van der Waals surface area contributed by atoms with E-state index >= 15 is 0 Å². The second kappa shape index (κ2) is 5.91. The molecule has 1 aromatic carbocycles. The summed E-state index contributed by atoms with van der Waals surface area (Å²) in [5.41, 5.74) is 5.56. The summed E-state index contributed by atoms with van der Waals surface area (Å²) in [5, 5.41) is 0. The van der Waals surface area contributed by atoms with E-state index in [2.05, 4.69) is 23.8 Å². The lowest BCUT2D eigenvalue weighted by Crippen LogP contribution is -1.92. The van der Waals surface area contributed by atoms with Crippen molar-refractivity contribution in [2.75, 3.05) is 0 Å². The lowest BCUT2D eigenvalue weighted by Gasteiger charge is -2.06. The van der Waals surface area contributed by atoms with Crippen molar-refractivity contribution >= 4 is 0 Å². The summed E-state index contributed by atoms with van der Waals surface area (Å²) in [6, 6.07) is 10.2. The molecular weight excluding hydrogens is 180 g/mol. The Morgan fingerprint density at radius 1 is 1.33 bits per heavy atom. The standard InChI is InChI=1S/C15H16/c1-4-14(12-8-9-13(2)3)15-10-6-5-7-11-15/h1,5-8,10-11,14H,12H2,2-3H3. The molecule has 15 heavy (non-hydrogen) atoms. The molecule has 0 amide bonds.